The molecule has 6 nitrogen and oxygen atoms in total. The number of nitrogens with two attached hydrogens (primary N) is 1. The normalized spacial score (nSPS) is 11.0. The van der Waals surface area contributed by atoms with Gasteiger partial charge in [0.05, 0.1) is 29.4 Å². The van der Waals surface area contributed by atoms with Crippen LogP contribution in [-0.4, -0.2) is 31.7 Å². The van der Waals surface area contributed by atoms with Crippen molar-refractivity contribution in [3.05, 3.63) is 61.3 Å². The molecule has 0 fully saturated rings. The minimum Gasteiger partial charge on any atom is -0.447 e. The molecule has 2 heterocycles. The molecule has 3 N–H and O–H groups in total. The number of nitrogen functional groups attached to an aromatic ring is 1. The van der Waals surface area contributed by atoms with Gasteiger partial charge in [-0.25, -0.2) is 4.98 Å². The molecule has 25 heavy (non-hydrogen) atoms. The van der Waals surface area contributed by atoms with Gasteiger partial charge in [0.15, 0.2) is 0 Å². The van der Waals surface area contributed by atoms with Crippen LogP contribution >= 0.6 is 0 Å². The summed E-state index contributed by atoms with van der Waals surface area (Å²) >= 11 is 0. The van der Waals surface area contributed by atoms with Gasteiger partial charge in [-0.2, -0.15) is 10.2 Å². The van der Waals surface area contributed by atoms with Crippen LogP contribution in [0.4, 0.5) is 5.69 Å². The highest BCUT2D eigenvalue weighted by Gasteiger charge is 2.14. The van der Waals surface area contributed by atoms with E-state index in [1.165, 1.54) is 0 Å². The molecule has 0 unspecified atom stereocenters. The third-order valence-corrected chi connectivity index (χ3v) is 4.27. The lowest BCUT2D eigenvalue weighted by Crippen LogP contribution is -2.26. The summed E-state index contributed by atoms with van der Waals surface area (Å²) in [7, 11) is 0. The van der Waals surface area contributed by atoms with Gasteiger partial charge in [-0.1, -0.05) is 25.0 Å². The van der Waals surface area contributed by atoms with Gasteiger partial charge >= 0.3 is 6.92 Å². The highest BCUT2D eigenvalue weighted by Crippen LogP contribution is 2.29. The van der Waals surface area contributed by atoms with E-state index in [9.17, 15) is 5.02 Å². The molecule has 0 bridgehead atoms. The predicted octanol–water partition coefficient (Wildman–Crippen LogP) is 1.89. The molecule has 2 aromatic carbocycles. The van der Waals surface area contributed by atoms with Crippen molar-refractivity contribution >= 4 is 29.0 Å². The molecule has 0 aliphatic rings. The second-order valence-corrected chi connectivity index (χ2v) is 5.95. The number of benzene rings is 2. The average molecular weight is 329 g/mol. The molecule has 0 radical (unpaired) electrons. The number of fused-ring (bicyclic) bond motifs is 1. The minimum atomic E-state index is -0.550. The number of nitrogens with zero attached hydrogens (tertiary/aromatic N) is 4. The Morgan fingerprint density at radius 2 is 2.04 bits per heavy atom. The molecule has 0 amide bonds. The number of imidazole rings is 1. The second kappa shape index (κ2) is 6.03. The molecule has 0 saturated heterocycles. The molecule has 0 aliphatic carbocycles. The van der Waals surface area contributed by atoms with Crippen molar-refractivity contribution in [3.63, 3.8) is 0 Å². The summed E-state index contributed by atoms with van der Waals surface area (Å²) < 4.78 is 1.94. The van der Waals surface area contributed by atoms with Crippen molar-refractivity contribution < 1.29 is 5.02 Å². The van der Waals surface area contributed by atoms with Gasteiger partial charge in [0.2, 0.25) is 0 Å². The van der Waals surface area contributed by atoms with Gasteiger partial charge in [0.25, 0.3) is 0 Å². The largest absolute Gasteiger partial charge is 0.447 e. The van der Waals surface area contributed by atoms with Gasteiger partial charge < -0.3 is 15.3 Å². The van der Waals surface area contributed by atoms with Gasteiger partial charge in [0.1, 0.15) is 0 Å². The van der Waals surface area contributed by atoms with Crippen LogP contribution in [0.3, 0.4) is 0 Å². The molecular formula is C18H16BN5O. The fourth-order valence-electron chi connectivity index (χ4n) is 2.92. The molecular weight excluding hydrogens is 313 g/mol. The van der Waals surface area contributed by atoms with Gasteiger partial charge in [-0.05, 0) is 29.2 Å². The first kappa shape index (κ1) is 15.3. The van der Waals surface area contributed by atoms with Crippen LogP contribution in [0.2, 0.25) is 6.82 Å². The van der Waals surface area contributed by atoms with E-state index in [2.05, 4.69) is 15.2 Å². The fraction of sp³-hybridized carbons (Fsp3) is 0.0556. The first-order chi connectivity index (χ1) is 12.1. The van der Waals surface area contributed by atoms with Crippen LogP contribution in [0.25, 0.3) is 27.7 Å². The van der Waals surface area contributed by atoms with Crippen LogP contribution in [0, 0.1) is 0 Å². The van der Waals surface area contributed by atoms with E-state index >= 15 is 0 Å². The van der Waals surface area contributed by atoms with Crippen molar-refractivity contribution in [1.29, 1.82) is 0 Å². The Kier molecular flexibility index (Phi) is 3.70. The van der Waals surface area contributed by atoms with E-state index in [1.807, 2.05) is 47.2 Å². The summed E-state index contributed by atoms with van der Waals surface area (Å²) in [6, 6.07) is 11.8. The van der Waals surface area contributed by atoms with E-state index in [4.69, 9.17) is 5.73 Å². The zero-order valence-electron chi connectivity index (χ0n) is 13.7. The van der Waals surface area contributed by atoms with Gasteiger partial charge in [-0.15, -0.1) is 0 Å². The Labute approximate surface area is 145 Å². The summed E-state index contributed by atoms with van der Waals surface area (Å²) in [5.41, 5.74) is 11.1. The summed E-state index contributed by atoms with van der Waals surface area (Å²) in [5.74, 6) is 0. The molecule has 0 aliphatic heterocycles. The van der Waals surface area contributed by atoms with E-state index in [0.717, 1.165) is 33.2 Å². The lowest BCUT2D eigenvalue weighted by atomic mass is 9.64. The van der Waals surface area contributed by atoms with Crippen molar-refractivity contribution in [2.45, 2.75) is 6.82 Å². The number of aromatic nitrogens is 4. The highest BCUT2D eigenvalue weighted by atomic mass is 16.2. The Hall–Kier alpha value is -3.19. The maximum atomic E-state index is 9.97. The zero-order chi connectivity index (χ0) is 17.4. The molecule has 0 spiro atoms. The standard InChI is InChI=1S/C18H16BN5O/c1-19(25)13-3-5-18(24-7-6-21-11-24)15(9-13)12-2-4-14-16(20)10-22-23-17(14)8-12/h2-11,25H,1H3,(H2,20,23). The maximum Gasteiger partial charge on any atom is 0.320 e. The summed E-state index contributed by atoms with van der Waals surface area (Å²) in [6.45, 7) is 1.20. The minimum absolute atomic E-state index is 0.550. The number of hydrogen-bond donors (Lipinski definition) is 2. The topological polar surface area (TPSA) is 89.8 Å². The third kappa shape index (κ3) is 2.74. The van der Waals surface area contributed by atoms with Crippen LogP contribution in [0.1, 0.15) is 0 Å². The van der Waals surface area contributed by atoms with Crippen LogP contribution < -0.4 is 11.2 Å². The second-order valence-electron chi connectivity index (χ2n) is 5.95. The number of hydrogen-bond acceptors (Lipinski definition) is 5. The Morgan fingerprint density at radius 1 is 1.16 bits per heavy atom. The molecule has 4 rings (SSSR count). The summed E-state index contributed by atoms with van der Waals surface area (Å²) in [6.07, 6.45) is 6.92. The summed E-state index contributed by atoms with van der Waals surface area (Å²) in [5, 5.41) is 19.0. The molecule has 2 aromatic heterocycles. The average Bonchev–Trinajstić information content (AvgIpc) is 3.15. The quantitative estimate of drug-likeness (QED) is 0.560. The van der Waals surface area contributed by atoms with Gasteiger partial charge in [0, 0.05) is 23.3 Å². The lowest BCUT2D eigenvalue weighted by molar-refractivity contribution is 0.594. The number of anilines is 1. The smallest absolute Gasteiger partial charge is 0.320 e. The van der Waals surface area contributed by atoms with Crippen molar-refractivity contribution in [2.75, 3.05) is 5.73 Å². The Balaban J connectivity index is 1.95. The first-order valence-electron chi connectivity index (χ1n) is 7.95. The Morgan fingerprint density at radius 3 is 2.80 bits per heavy atom. The number of rotatable bonds is 3. The summed E-state index contributed by atoms with van der Waals surface area (Å²) in [4.78, 5) is 4.13. The van der Waals surface area contributed by atoms with E-state index in [1.54, 1.807) is 25.5 Å². The van der Waals surface area contributed by atoms with Crippen LogP contribution in [0.15, 0.2) is 61.3 Å². The van der Waals surface area contributed by atoms with Crippen LogP contribution in [-0.2, 0) is 0 Å². The van der Waals surface area contributed by atoms with Crippen molar-refractivity contribution in [3.8, 4) is 16.8 Å². The third-order valence-electron chi connectivity index (χ3n) is 4.27. The fourth-order valence-corrected chi connectivity index (χ4v) is 2.92. The predicted molar refractivity (Wildman–Crippen MR) is 100.0 cm³/mol. The van der Waals surface area contributed by atoms with E-state index in [-0.39, 0.29) is 0 Å². The monoisotopic (exact) mass is 329 g/mol. The maximum absolute atomic E-state index is 9.97. The molecule has 122 valence electrons. The highest BCUT2D eigenvalue weighted by molar-refractivity contribution is 6.64. The lowest BCUT2D eigenvalue weighted by Gasteiger charge is -2.14. The Bertz CT molecular complexity index is 1050. The van der Waals surface area contributed by atoms with E-state index < -0.39 is 6.92 Å². The van der Waals surface area contributed by atoms with Crippen LogP contribution in [0.5, 0.6) is 0 Å². The van der Waals surface area contributed by atoms with Gasteiger partial charge in [-0.3, -0.25) is 0 Å². The molecule has 7 heteroatoms. The molecule has 0 atom stereocenters. The van der Waals surface area contributed by atoms with E-state index in [0.29, 0.717) is 5.69 Å². The van der Waals surface area contributed by atoms with Crippen molar-refractivity contribution in [2.24, 2.45) is 0 Å². The zero-order valence-corrected chi connectivity index (χ0v) is 13.7. The SMILES string of the molecule is CB(O)c1ccc(-n2ccnc2)c(-c2ccc3c(N)cnnc3c2)c1. The first-order valence-corrected chi connectivity index (χ1v) is 7.95. The molecule has 4 aromatic rings. The molecule has 0 saturated carbocycles. The van der Waals surface area contributed by atoms with Crippen molar-refractivity contribution in [1.82, 2.24) is 19.7 Å².